The zero-order chi connectivity index (χ0) is 25.4. The van der Waals surface area contributed by atoms with Gasteiger partial charge in [-0.1, -0.05) is 117 Å². The van der Waals surface area contributed by atoms with Crippen molar-refractivity contribution in [1.29, 1.82) is 0 Å². The lowest BCUT2D eigenvalue weighted by Crippen LogP contribution is -2.17. The highest BCUT2D eigenvalue weighted by Gasteiger charge is 2.36. The second kappa shape index (κ2) is 7.69. The van der Waals surface area contributed by atoms with Gasteiger partial charge >= 0.3 is 0 Å². The first-order valence-corrected chi connectivity index (χ1v) is 13.4. The first kappa shape index (κ1) is 21.5. The summed E-state index contributed by atoms with van der Waals surface area (Å²) >= 11 is 0. The van der Waals surface area contributed by atoms with E-state index in [1.165, 1.54) is 72.3 Å². The Balaban J connectivity index is 1.46. The van der Waals surface area contributed by atoms with Crippen molar-refractivity contribution in [2.45, 2.75) is 19.3 Å². The van der Waals surface area contributed by atoms with Gasteiger partial charge in [0.25, 0.3) is 0 Å². The van der Waals surface area contributed by atoms with Crippen molar-refractivity contribution in [2.75, 3.05) is 4.90 Å². The van der Waals surface area contributed by atoms with Crippen LogP contribution in [0.5, 0.6) is 0 Å². The van der Waals surface area contributed by atoms with Gasteiger partial charge in [0, 0.05) is 22.2 Å². The molecule has 1 nitrogen and oxygen atoms in total. The molecule has 0 bridgehead atoms. The zero-order valence-corrected chi connectivity index (χ0v) is 21.6. The number of hydrogen-bond acceptors (Lipinski definition) is 1. The predicted octanol–water partition coefficient (Wildman–Crippen LogP) is 10.3. The van der Waals surface area contributed by atoms with Crippen LogP contribution in [0.4, 0.5) is 17.1 Å². The maximum absolute atomic E-state index is 2.47. The molecule has 0 radical (unpaired) electrons. The molecule has 0 unspecified atom stereocenters. The third-order valence-corrected chi connectivity index (χ3v) is 8.60. The van der Waals surface area contributed by atoms with Gasteiger partial charge in [-0.05, 0) is 68.4 Å². The number of fused-ring (bicyclic) bond motifs is 7. The standard InChI is InChI=1S/C37H27N/c1-37(2)32-18-6-3-13-26(32)27-22-21-25(23-33(27)37)38-34-19-7-4-14-28(34)30-16-9-11-24-12-10-17-31(36(24)30)29-15-5-8-20-35(29)38/h3-23H,1-2H3. The van der Waals surface area contributed by atoms with Crippen LogP contribution in [0.15, 0.2) is 127 Å². The molecule has 6 aromatic rings. The van der Waals surface area contributed by atoms with Crippen LogP contribution in [0.3, 0.4) is 0 Å². The topological polar surface area (TPSA) is 3.24 Å². The molecule has 0 saturated carbocycles. The molecule has 0 fully saturated rings. The number of rotatable bonds is 1. The van der Waals surface area contributed by atoms with Gasteiger partial charge in [-0.25, -0.2) is 0 Å². The number of benzene rings is 6. The van der Waals surface area contributed by atoms with Gasteiger partial charge in [-0.15, -0.1) is 0 Å². The van der Waals surface area contributed by atoms with Crippen molar-refractivity contribution < 1.29 is 0 Å². The third-order valence-electron chi connectivity index (χ3n) is 8.60. The smallest absolute Gasteiger partial charge is 0.0540 e. The molecule has 0 atom stereocenters. The minimum Gasteiger partial charge on any atom is -0.309 e. The Morgan fingerprint density at radius 3 is 1.63 bits per heavy atom. The van der Waals surface area contributed by atoms with Crippen molar-refractivity contribution in [1.82, 2.24) is 0 Å². The fourth-order valence-corrected chi connectivity index (χ4v) is 6.82. The Labute approximate surface area is 223 Å². The lowest BCUT2D eigenvalue weighted by Gasteiger charge is -2.33. The van der Waals surface area contributed by atoms with Crippen molar-refractivity contribution in [3.63, 3.8) is 0 Å². The molecule has 1 aliphatic heterocycles. The van der Waals surface area contributed by atoms with E-state index in [0.717, 1.165) is 0 Å². The predicted molar refractivity (Wildman–Crippen MR) is 161 cm³/mol. The third kappa shape index (κ3) is 2.82. The molecule has 0 aromatic heterocycles. The summed E-state index contributed by atoms with van der Waals surface area (Å²) < 4.78 is 0. The van der Waals surface area contributed by atoms with Gasteiger partial charge in [-0.3, -0.25) is 0 Å². The average molecular weight is 486 g/mol. The highest BCUT2D eigenvalue weighted by molar-refractivity contribution is 6.12. The number of nitrogens with zero attached hydrogens (tertiary/aromatic N) is 1. The first-order chi connectivity index (χ1) is 18.6. The van der Waals surface area contributed by atoms with Crippen LogP contribution in [-0.2, 0) is 5.41 Å². The summed E-state index contributed by atoms with van der Waals surface area (Å²) in [6, 6.07) is 47.0. The normalized spacial score (nSPS) is 14.2. The number of anilines is 3. The van der Waals surface area contributed by atoms with Gasteiger partial charge < -0.3 is 4.90 Å². The lowest BCUT2D eigenvalue weighted by molar-refractivity contribution is 0.660. The van der Waals surface area contributed by atoms with E-state index in [-0.39, 0.29) is 5.41 Å². The van der Waals surface area contributed by atoms with Gasteiger partial charge in [0.2, 0.25) is 0 Å². The average Bonchev–Trinajstić information content (AvgIpc) is 3.19. The Morgan fingerprint density at radius 1 is 0.447 bits per heavy atom. The van der Waals surface area contributed by atoms with E-state index in [9.17, 15) is 0 Å². The minimum atomic E-state index is -0.0537. The van der Waals surface area contributed by atoms with Gasteiger partial charge in [0.1, 0.15) is 0 Å². The van der Waals surface area contributed by atoms with Crippen molar-refractivity contribution in [3.8, 4) is 33.4 Å². The fraction of sp³-hybridized carbons (Fsp3) is 0.0811. The van der Waals surface area contributed by atoms with Gasteiger partial charge in [0.15, 0.2) is 0 Å². The highest BCUT2D eigenvalue weighted by Crippen LogP contribution is 2.53. The van der Waals surface area contributed by atoms with Crippen LogP contribution < -0.4 is 4.90 Å². The summed E-state index contributed by atoms with van der Waals surface area (Å²) in [4.78, 5) is 2.47. The molecular formula is C37H27N. The second-order valence-electron chi connectivity index (χ2n) is 11.0. The maximum atomic E-state index is 2.47. The van der Waals surface area contributed by atoms with E-state index in [2.05, 4.69) is 146 Å². The summed E-state index contributed by atoms with van der Waals surface area (Å²) in [5.74, 6) is 0. The minimum absolute atomic E-state index is 0.0537. The summed E-state index contributed by atoms with van der Waals surface area (Å²) in [6.45, 7) is 4.71. The second-order valence-corrected chi connectivity index (χ2v) is 11.0. The molecule has 180 valence electrons. The van der Waals surface area contributed by atoms with Crippen LogP contribution in [0, 0.1) is 0 Å². The molecule has 0 saturated heterocycles. The molecule has 6 aromatic carbocycles. The van der Waals surface area contributed by atoms with Crippen molar-refractivity contribution >= 4 is 27.8 Å². The molecule has 1 heterocycles. The Hall–Kier alpha value is -4.62. The van der Waals surface area contributed by atoms with Crippen LogP contribution in [0.2, 0.25) is 0 Å². The Morgan fingerprint density at radius 2 is 0.974 bits per heavy atom. The van der Waals surface area contributed by atoms with E-state index in [0.29, 0.717) is 0 Å². The summed E-state index contributed by atoms with van der Waals surface area (Å²) in [7, 11) is 0. The summed E-state index contributed by atoms with van der Waals surface area (Å²) in [5.41, 5.74) is 14.1. The number of hydrogen-bond donors (Lipinski definition) is 0. The molecule has 0 N–H and O–H groups in total. The molecule has 1 heteroatoms. The zero-order valence-electron chi connectivity index (χ0n) is 21.6. The van der Waals surface area contributed by atoms with Crippen LogP contribution in [0.1, 0.15) is 25.0 Å². The Bertz CT molecular complexity index is 1830. The van der Waals surface area contributed by atoms with Crippen molar-refractivity contribution in [2.24, 2.45) is 0 Å². The van der Waals surface area contributed by atoms with Gasteiger partial charge in [-0.2, -0.15) is 0 Å². The SMILES string of the molecule is CC1(C)c2ccccc2-c2ccc(N3c4ccccc4-c4cccc5cccc(c45)-c4ccccc43)cc21. The molecule has 38 heavy (non-hydrogen) atoms. The molecule has 8 rings (SSSR count). The van der Waals surface area contributed by atoms with E-state index in [1.807, 2.05) is 0 Å². The van der Waals surface area contributed by atoms with E-state index >= 15 is 0 Å². The number of para-hydroxylation sites is 2. The maximum Gasteiger partial charge on any atom is 0.0540 e. The molecule has 0 amide bonds. The van der Waals surface area contributed by atoms with Crippen molar-refractivity contribution in [3.05, 3.63) is 139 Å². The first-order valence-electron chi connectivity index (χ1n) is 13.4. The summed E-state index contributed by atoms with van der Waals surface area (Å²) in [5, 5.41) is 2.59. The van der Waals surface area contributed by atoms with E-state index < -0.39 is 0 Å². The fourth-order valence-electron chi connectivity index (χ4n) is 6.82. The molecule has 2 aliphatic rings. The van der Waals surface area contributed by atoms with E-state index in [4.69, 9.17) is 0 Å². The van der Waals surface area contributed by atoms with Crippen LogP contribution >= 0.6 is 0 Å². The van der Waals surface area contributed by atoms with Crippen LogP contribution in [-0.4, -0.2) is 0 Å². The lowest BCUT2D eigenvalue weighted by atomic mass is 9.82. The van der Waals surface area contributed by atoms with Gasteiger partial charge in [0.05, 0.1) is 11.4 Å². The largest absolute Gasteiger partial charge is 0.309 e. The molecular weight excluding hydrogens is 458 g/mol. The monoisotopic (exact) mass is 485 g/mol. The highest BCUT2D eigenvalue weighted by atomic mass is 15.1. The molecule has 0 spiro atoms. The van der Waals surface area contributed by atoms with E-state index in [1.54, 1.807) is 0 Å². The van der Waals surface area contributed by atoms with Crippen LogP contribution in [0.25, 0.3) is 44.2 Å². The summed E-state index contributed by atoms with van der Waals surface area (Å²) in [6.07, 6.45) is 0. The molecule has 1 aliphatic carbocycles. The quantitative estimate of drug-likeness (QED) is 0.223. The Kier molecular flexibility index (Phi) is 4.35.